The van der Waals surface area contributed by atoms with Crippen LogP contribution in [-0.4, -0.2) is 11.6 Å². The molecule has 0 spiro atoms. The largest absolute Gasteiger partial charge is 0.344 e. The first-order valence-corrected chi connectivity index (χ1v) is 6.58. The lowest BCUT2D eigenvalue weighted by Crippen LogP contribution is -2.23. The van der Waals surface area contributed by atoms with Crippen LogP contribution < -0.4 is 10.5 Å². The molecule has 0 saturated carbocycles. The second-order valence-corrected chi connectivity index (χ2v) is 5.27. The second kappa shape index (κ2) is 3.51. The third kappa shape index (κ3) is 1.13. The van der Waals surface area contributed by atoms with Gasteiger partial charge >= 0.3 is 0 Å². The van der Waals surface area contributed by atoms with Crippen LogP contribution in [0.25, 0.3) is 27.4 Å². The standard InChI is InChI=1S/C17H14N2O/c1-10-11-6-4-7-12-15(11)16-13(18(10)2)8-5-9-14(16)19(3)17(12)20/h4-9H,1H2,2-3H3. The molecule has 1 aliphatic rings. The third-order valence-corrected chi connectivity index (χ3v) is 4.31. The van der Waals surface area contributed by atoms with Crippen molar-refractivity contribution in [3.8, 4) is 0 Å². The smallest absolute Gasteiger partial charge is 0.258 e. The number of rotatable bonds is 0. The molecule has 2 heterocycles. The van der Waals surface area contributed by atoms with E-state index in [0.29, 0.717) is 0 Å². The summed E-state index contributed by atoms with van der Waals surface area (Å²) in [5, 5.41) is 2.93. The van der Waals surface area contributed by atoms with Gasteiger partial charge in [0.05, 0.1) is 11.2 Å². The van der Waals surface area contributed by atoms with Crippen LogP contribution in [0.15, 0.2) is 47.8 Å². The molecule has 4 rings (SSSR count). The Hall–Kier alpha value is -2.55. The van der Waals surface area contributed by atoms with E-state index in [2.05, 4.69) is 17.5 Å². The predicted molar refractivity (Wildman–Crippen MR) is 84.1 cm³/mol. The number of hydrogen-bond donors (Lipinski definition) is 0. The fourth-order valence-electron chi connectivity index (χ4n) is 3.20. The minimum absolute atomic E-state index is 0.0452. The van der Waals surface area contributed by atoms with Crippen molar-refractivity contribution in [3.05, 3.63) is 58.9 Å². The molecule has 3 heteroatoms. The zero-order valence-corrected chi connectivity index (χ0v) is 11.5. The Morgan fingerprint density at radius 3 is 2.55 bits per heavy atom. The summed E-state index contributed by atoms with van der Waals surface area (Å²) in [6, 6.07) is 11.9. The Kier molecular flexibility index (Phi) is 1.98. The summed E-state index contributed by atoms with van der Waals surface area (Å²) in [5.41, 5.74) is 4.10. The number of anilines is 1. The quantitative estimate of drug-likeness (QED) is 0.582. The van der Waals surface area contributed by atoms with Crippen molar-refractivity contribution < 1.29 is 0 Å². The molecule has 0 saturated heterocycles. The van der Waals surface area contributed by atoms with E-state index in [1.54, 1.807) is 4.57 Å². The third-order valence-electron chi connectivity index (χ3n) is 4.31. The summed E-state index contributed by atoms with van der Waals surface area (Å²) >= 11 is 0. The first-order chi connectivity index (χ1) is 9.61. The summed E-state index contributed by atoms with van der Waals surface area (Å²) in [7, 11) is 3.85. The Labute approximate surface area is 116 Å². The molecule has 2 aromatic carbocycles. The van der Waals surface area contributed by atoms with E-state index < -0.39 is 0 Å². The molecule has 0 amide bonds. The van der Waals surface area contributed by atoms with Crippen molar-refractivity contribution in [2.45, 2.75) is 0 Å². The molecule has 20 heavy (non-hydrogen) atoms. The highest BCUT2D eigenvalue weighted by atomic mass is 16.1. The van der Waals surface area contributed by atoms with E-state index in [0.717, 1.165) is 38.6 Å². The average molecular weight is 262 g/mol. The van der Waals surface area contributed by atoms with Crippen molar-refractivity contribution in [1.29, 1.82) is 0 Å². The van der Waals surface area contributed by atoms with Crippen molar-refractivity contribution in [1.82, 2.24) is 4.57 Å². The van der Waals surface area contributed by atoms with Crippen LogP contribution in [0, 0.1) is 0 Å². The predicted octanol–water partition coefficient (Wildman–Crippen LogP) is 3.11. The summed E-state index contributed by atoms with van der Waals surface area (Å²) in [6.45, 7) is 4.18. The molecule has 1 aliphatic heterocycles. The van der Waals surface area contributed by atoms with E-state index in [9.17, 15) is 4.79 Å². The molecule has 1 aromatic heterocycles. The Bertz CT molecular complexity index is 966. The van der Waals surface area contributed by atoms with Crippen LogP contribution >= 0.6 is 0 Å². The minimum atomic E-state index is 0.0452. The van der Waals surface area contributed by atoms with Crippen LogP contribution in [0.2, 0.25) is 0 Å². The number of aryl methyl sites for hydroxylation is 1. The van der Waals surface area contributed by atoms with Gasteiger partial charge in [0.25, 0.3) is 5.56 Å². The number of benzene rings is 2. The number of nitrogens with zero attached hydrogens (tertiary/aromatic N) is 2. The van der Waals surface area contributed by atoms with Gasteiger partial charge in [-0.1, -0.05) is 24.8 Å². The van der Waals surface area contributed by atoms with E-state index in [4.69, 9.17) is 0 Å². The van der Waals surface area contributed by atoms with Gasteiger partial charge in [-0.15, -0.1) is 0 Å². The van der Waals surface area contributed by atoms with Gasteiger partial charge in [-0.2, -0.15) is 0 Å². The highest BCUT2D eigenvalue weighted by molar-refractivity contribution is 6.20. The Morgan fingerprint density at radius 1 is 1.00 bits per heavy atom. The van der Waals surface area contributed by atoms with Gasteiger partial charge in [0, 0.05) is 41.5 Å². The van der Waals surface area contributed by atoms with Crippen LogP contribution in [-0.2, 0) is 7.05 Å². The zero-order valence-electron chi connectivity index (χ0n) is 11.5. The number of hydrogen-bond acceptors (Lipinski definition) is 2. The highest BCUT2D eigenvalue weighted by Crippen LogP contribution is 2.41. The fourth-order valence-corrected chi connectivity index (χ4v) is 3.20. The van der Waals surface area contributed by atoms with Crippen LogP contribution in [0.5, 0.6) is 0 Å². The molecule has 98 valence electrons. The number of aromatic nitrogens is 1. The van der Waals surface area contributed by atoms with Crippen molar-refractivity contribution in [2.75, 3.05) is 11.9 Å². The second-order valence-electron chi connectivity index (χ2n) is 5.27. The molecule has 0 radical (unpaired) electrons. The first-order valence-electron chi connectivity index (χ1n) is 6.58. The minimum Gasteiger partial charge on any atom is -0.344 e. The van der Waals surface area contributed by atoms with E-state index in [1.807, 2.05) is 44.4 Å². The lowest BCUT2D eigenvalue weighted by atomic mass is 9.94. The molecule has 0 atom stereocenters. The van der Waals surface area contributed by atoms with Crippen molar-refractivity contribution in [2.24, 2.45) is 7.05 Å². The van der Waals surface area contributed by atoms with Crippen LogP contribution in [0.1, 0.15) is 5.56 Å². The Morgan fingerprint density at radius 2 is 1.75 bits per heavy atom. The van der Waals surface area contributed by atoms with Gasteiger partial charge in [0.2, 0.25) is 0 Å². The lowest BCUT2D eigenvalue weighted by Gasteiger charge is -2.30. The molecular weight excluding hydrogens is 248 g/mol. The molecule has 0 fully saturated rings. The average Bonchev–Trinajstić information content (AvgIpc) is 2.48. The lowest BCUT2D eigenvalue weighted by molar-refractivity contribution is 0.917. The molecule has 3 aromatic rings. The molecule has 0 N–H and O–H groups in total. The summed E-state index contributed by atoms with van der Waals surface area (Å²) in [6.07, 6.45) is 0. The number of pyridine rings is 1. The topological polar surface area (TPSA) is 25.2 Å². The van der Waals surface area contributed by atoms with Gasteiger partial charge < -0.3 is 9.47 Å². The van der Waals surface area contributed by atoms with E-state index in [1.165, 1.54) is 0 Å². The molecule has 0 bridgehead atoms. The van der Waals surface area contributed by atoms with E-state index >= 15 is 0 Å². The normalized spacial score (nSPS) is 13.7. The molecular formula is C17H14N2O. The van der Waals surface area contributed by atoms with Gasteiger partial charge in [0.15, 0.2) is 0 Å². The molecule has 0 aliphatic carbocycles. The van der Waals surface area contributed by atoms with Crippen LogP contribution in [0.3, 0.4) is 0 Å². The molecule has 0 unspecified atom stereocenters. The van der Waals surface area contributed by atoms with Gasteiger partial charge in [0.1, 0.15) is 0 Å². The van der Waals surface area contributed by atoms with Crippen molar-refractivity contribution >= 4 is 33.1 Å². The summed E-state index contributed by atoms with van der Waals surface area (Å²) in [5.74, 6) is 0. The Balaban J connectivity index is 2.48. The maximum Gasteiger partial charge on any atom is 0.258 e. The van der Waals surface area contributed by atoms with Gasteiger partial charge in [-0.3, -0.25) is 4.79 Å². The summed E-state index contributed by atoms with van der Waals surface area (Å²) in [4.78, 5) is 14.6. The van der Waals surface area contributed by atoms with Crippen molar-refractivity contribution in [3.63, 3.8) is 0 Å². The molecule has 3 nitrogen and oxygen atoms in total. The monoisotopic (exact) mass is 262 g/mol. The zero-order chi connectivity index (χ0) is 14.0. The van der Waals surface area contributed by atoms with Gasteiger partial charge in [-0.05, 0) is 18.2 Å². The summed E-state index contributed by atoms with van der Waals surface area (Å²) < 4.78 is 1.73. The highest BCUT2D eigenvalue weighted by Gasteiger charge is 2.23. The van der Waals surface area contributed by atoms with E-state index in [-0.39, 0.29) is 5.56 Å². The maximum atomic E-state index is 12.5. The van der Waals surface area contributed by atoms with Crippen LogP contribution in [0.4, 0.5) is 5.69 Å². The fraction of sp³-hybridized carbons (Fsp3) is 0.118. The van der Waals surface area contributed by atoms with Gasteiger partial charge in [-0.25, -0.2) is 0 Å². The maximum absolute atomic E-state index is 12.5. The SMILES string of the molecule is C=C1c2cccc3c(=O)n(C)c4cccc(c4c23)N1C. The first kappa shape index (κ1) is 11.3.